The monoisotopic (exact) mass is 378 g/mol. The molecule has 146 valence electrons. The van der Waals surface area contributed by atoms with Gasteiger partial charge in [-0.3, -0.25) is 4.98 Å². The van der Waals surface area contributed by atoms with Crippen molar-refractivity contribution in [3.63, 3.8) is 0 Å². The normalized spacial score (nSPS) is 11.4. The quantitative estimate of drug-likeness (QED) is 0.517. The minimum Gasteiger partial charge on any atom is -0.490 e. The lowest BCUT2D eigenvalue weighted by atomic mass is 10.2. The van der Waals surface area contributed by atoms with Gasteiger partial charge in [0.05, 0.1) is 25.4 Å². The molecule has 0 radical (unpaired) electrons. The maximum absolute atomic E-state index is 12.5. The molecular formula is C19H24F2N4O2. The Morgan fingerprint density at radius 2 is 2.00 bits per heavy atom. The molecule has 2 aromatic rings. The Morgan fingerprint density at radius 3 is 2.67 bits per heavy atom. The van der Waals surface area contributed by atoms with Crippen molar-refractivity contribution in [3.8, 4) is 11.5 Å². The largest absolute Gasteiger partial charge is 0.490 e. The highest BCUT2D eigenvalue weighted by atomic mass is 19.3. The van der Waals surface area contributed by atoms with Gasteiger partial charge in [0.25, 0.3) is 0 Å². The fourth-order valence-electron chi connectivity index (χ4n) is 2.30. The summed E-state index contributed by atoms with van der Waals surface area (Å²) in [7, 11) is 0. The summed E-state index contributed by atoms with van der Waals surface area (Å²) in [6.07, 6.45) is 1.74. The van der Waals surface area contributed by atoms with Crippen LogP contribution in [-0.4, -0.2) is 30.7 Å². The topological polar surface area (TPSA) is 67.8 Å². The summed E-state index contributed by atoms with van der Waals surface area (Å²) in [4.78, 5) is 8.77. The number of aromatic nitrogens is 1. The van der Waals surface area contributed by atoms with Gasteiger partial charge in [-0.05, 0) is 43.7 Å². The van der Waals surface area contributed by atoms with Crippen molar-refractivity contribution in [2.45, 2.75) is 33.5 Å². The second-order valence-corrected chi connectivity index (χ2v) is 5.46. The van der Waals surface area contributed by atoms with Crippen LogP contribution >= 0.6 is 0 Å². The smallest absolute Gasteiger partial charge is 0.387 e. The molecule has 0 bridgehead atoms. The van der Waals surface area contributed by atoms with E-state index in [1.807, 2.05) is 25.1 Å². The van der Waals surface area contributed by atoms with Crippen molar-refractivity contribution in [2.24, 2.45) is 4.99 Å². The number of rotatable bonds is 9. The predicted octanol–water partition coefficient (Wildman–Crippen LogP) is 3.34. The Morgan fingerprint density at radius 1 is 1.15 bits per heavy atom. The van der Waals surface area contributed by atoms with Crippen molar-refractivity contribution < 1.29 is 18.3 Å². The van der Waals surface area contributed by atoms with E-state index in [1.54, 1.807) is 25.3 Å². The molecule has 0 atom stereocenters. The number of aliphatic imine (C=N–C) groups is 1. The number of benzene rings is 1. The van der Waals surface area contributed by atoms with E-state index in [-0.39, 0.29) is 11.5 Å². The van der Waals surface area contributed by atoms with Crippen LogP contribution in [0.3, 0.4) is 0 Å². The van der Waals surface area contributed by atoms with Crippen molar-refractivity contribution in [2.75, 3.05) is 13.2 Å². The van der Waals surface area contributed by atoms with Gasteiger partial charge < -0.3 is 20.1 Å². The lowest BCUT2D eigenvalue weighted by Gasteiger charge is -2.13. The zero-order valence-corrected chi connectivity index (χ0v) is 15.4. The van der Waals surface area contributed by atoms with E-state index in [9.17, 15) is 8.78 Å². The van der Waals surface area contributed by atoms with Crippen LogP contribution < -0.4 is 20.1 Å². The van der Waals surface area contributed by atoms with Gasteiger partial charge in [-0.15, -0.1) is 0 Å². The summed E-state index contributed by atoms with van der Waals surface area (Å²) >= 11 is 0. The van der Waals surface area contributed by atoms with Crippen LogP contribution in [0.1, 0.15) is 25.1 Å². The van der Waals surface area contributed by atoms with Crippen LogP contribution in [-0.2, 0) is 13.1 Å². The molecule has 27 heavy (non-hydrogen) atoms. The van der Waals surface area contributed by atoms with Gasteiger partial charge in [0.1, 0.15) is 0 Å². The molecule has 1 aromatic carbocycles. The van der Waals surface area contributed by atoms with Crippen LogP contribution in [0, 0.1) is 0 Å². The van der Waals surface area contributed by atoms with Gasteiger partial charge in [-0.25, -0.2) is 4.99 Å². The van der Waals surface area contributed by atoms with Gasteiger partial charge in [0, 0.05) is 12.7 Å². The minimum atomic E-state index is -2.90. The van der Waals surface area contributed by atoms with E-state index >= 15 is 0 Å². The lowest BCUT2D eigenvalue weighted by Crippen LogP contribution is -2.37. The molecule has 1 aromatic heterocycles. The summed E-state index contributed by atoms with van der Waals surface area (Å²) in [6, 6.07) is 10.5. The van der Waals surface area contributed by atoms with E-state index < -0.39 is 6.61 Å². The second-order valence-electron chi connectivity index (χ2n) is 5.46. The number of nitrogens with one attached hydrogen (secondary N) is 2. The first-order valence-corrected chi connectivity index (χ1v) is 8.75. The molecule has 0 spiro atoms. The maximum Gasteiger partial charge on any atom is 0.387 e. The number of hydrogen-bond acceptors (Lipinski definition) is 4. The van der Waals surface area contributed by atoms with E-state index in [0.29, 0.717) is 32.2 Å². The molecule has 1 heterocycles. The van der Waals surface area contributed by atoms with Gasteiger partial charge >= 0.3 is 6.61 Å². The number of hydrogen-bond donors (Lipinski definition) is 2. The Labute approximate surface area is 157 Å². The van der Waals surface area contributed by atoms with E-state index in [1.165, 1.54) is 6.07 Å². The number of halogens is 2. The van der Waals surface area contributed by atoms with Crippen LogP contribution in [0.5, 0.6) is 11.5 Å². The molecule has 8 heteroatoms. The van der Waals surface area contributed by atoms with Crippen molar-refractivity contribution in [1.29, 1.82) is 0 Å². The zero-order chi connectivity index (χ0) is 19.5. The van der Waals surface area contributed by atoms with Gasteiger partial charge in [-0.2, -0.15) is 8.78 Å². The Balaban J connectivity index is 2.06. The number of nitrogens with zero attached hydrogens (tertiary/aromatic N) is 2. The first-order chi connectivity index (χ1) is 13.1. The third-order valence-electron chi connectivity index (χ3n) is 3.45. The zero-order valence-electron chi connectivity index (χ0n) is 15.4. The molecule has 0 aliphatic heterocycles. The summed E-state index contributed by atoms with van der Waals surface area (Å²) in [6.45, 7) is 2.80. The second kappa shape index (κ2) is 10.9. The number of guanidine groups is 1. The molecule has 2 rings (SSSR count). The summed E-state index contributed by atoms with van der Waals surface area (Å²) in [5.74, 6) is 0.922. The van der Waals surface area contributed by atoms with Crippen LogP contribution in [0.25, 0.3) is 0 Å². The minimum absolute atomic E-state index is 0.0137. The number of alkyl halides is 2. The van der Waals surface area contributed by atoms with Crippen molar-refractivity contribution >= 4 is 5.96 Å². The molecule has 0 amide bonds. The summed E-state index contributed by atoms with van der Waals surface area (Å²) in [5.41, 5.74) is 1.71. The molecule has 2 N–H and O–H groups in total. The Hall–Kier alpha value is -2.90. The standard InChI is InChI=1S/C19H24F2N4O2/c1-3-22-19(25-13-15-7-5-6-10-23-15)24-12-14-8-9-16(27-18(20)21)17(11-14)26-4-2/h5-11,18H,3-4,12-13H2,1-2H3,(H2,22,24,25). The maximum atomic E-state index is 12.5. The van der Waals surface area contributed by atoms with Crippen molar-refractivity contribution in [3.05, 3.63) is 53.9 Å². The lowest BCUT2D eigenvalue weighted by molar-refractivity contribution is -0.0514. The average Bonchev–Trinajstić information content (AvgIpc) is 2.66. The van der Waals surface area contributed by atoms with Gasteiger partial charge in [-0.1, -0.05) is 12.1 Å². The van der Waals surface area contributed by atoms with Crippen molar-refractivity contribution in [1.82, 2.24) is 15.6 Å². The van der Waals surface area contributed by atoms with Gasteiger partial charge in [0.15, 0.2) is 17.5 Å². The van der Waals surface area contributed by atoms with E-state index in [0.717, 1.165) is 11.3 Å². The molecule has 0 aliphatic rings. The fourth-order valence-corrected chi connectivity index (χ4v) is 2.30. The highest BCUT2D eigenvalue weighted by Gasteiger charge is 2.11. The third kappa shape index (κ3) is 7.08. The van der Waals surface area contributed by atoms with Crippen LogP contribution in [0.2, 0.25) is 0 Å². The average molecular weight is 378 g/mol. The molecule has 6 nitrogen and oxygen atoms in total. The SMILES string of the molecule is CCNC(=NCc1ccc(OC(F)F)c(OCC)c1)NCc1ccccn1. The molecule has 0 saturated heterocycles. The first kappa shape index (κ1) is 20.4. The highest BCUT2D eigenvalue weighted by molar-refractivity contribution is 5.79. The third-order valence-corrected chi connectivity index (χ3v) is 3.45. The molecular weight excluding hydrogens is 354 g/mol. The summed E-state index contributed by atoms with van der Waals surface area (Å²) < 4.78 is 34.8. The molecule has 0 unspecified atom stereocenters. The molecule has 0 fully saturated rings. The molecule has 0 saturated carbocycles. The Bertz CT molecular complexity index is 727. The van der Waals surface area contributed by atoms with Gasteiger partial charge in [0.2, 0.25) is 0 Å². The van der Waals surface area contributed by atoms with Crippen LogP contribution in [0.4, 0.5) is 8.78 Å². The van der Waals surface area contributed by atoms with E-state index in [2.05, 4.69) is 25.3 Å². The number of ether oxygens (including phenoxy) is 2. The Kier molecular flexibility index (Phi) is 8.28. The predicted molar refractivity (Wildman–Crippen MR) is 100 cm³/mol. The fraction of sp³-hybridized carbons (Fsp3) is 0.368. The molecule has 0 aliphatic carbocycles. The highest BCUT2D eigenvalue weighted by Crippen LogP contribution is 2.30. The van der Waals surface area contributed by atoms with E-state index in [4.69, 9.17) is 4.74 Å². The summed E-state index contributed by atoms with van der Waals surface area (Å²) in [5, 5.41) is 6.36. The first-order valence-electron chi connectivity index (χ1n) is 8.75. The van der Waals surface area contributed by atoms with Crippen LogP contribution in [0.15, 0.2) is 47.6 Å². The number of pyridine rings is 1.